The molecule has 3 nitrogen and oxygen atoms in total. The molecule has 0 unspecified atom stereocenters. The molecule has 1 fully saturated rings. The number of hydrogen-bond acceptors (Lipinski definition) is 3. The molecule has 1 rings (SSSR count). The van der Waals surface area contributed by atoms with Crippen LogP contribution in [0.15, 0.2) is 65.3 Å². The van der Waals surface area contributed by atoms with Gasteiger partial charge in [0, 0.05) is 28.8 Å². The lowest BCUT2D eigenvalue weighted by molar-refractivity contribution is 0.125. The Bertz CT molecular complexity index is 587. The molecule has 0 aromatic heterocycles. The van der Waals surface area contributed by atoms with Crippen molar-refractivity contribution in [1.29, 1.82) is 0 Å². The van der Waals surface area contributed by atoms with Crippen molar-refractivity contribution >= 4 is 6.21 Å². The quantitative estimate of drug-likeness (QED) is 0.564. The summed E-state index contributed by atoms with van der Waals surface area (Å²) in [5, 5.41) is 16.2. The molecule has 22 heavy (non-hydrogen) atoms. The summed E-state index contributed by atoms with van der Waals surface area (Å²) < 4.78 is 0. The maximum Gasteiger partial charge on any atom is 0.113 e. The van der Waals surface area contributed by atoms with Crippen LogP contribution in [-0.2, 0) is 0 Å². The summed E-state index contributed by atoms with van der Waals surface area (Å²) in [6.07, 6.45) is 8.73. The largest absolute Gasteiger partial charge is 0.508 e. The smallest absolute Gasteiger partial charge is 0.113 e. The molecule has 0 bridgehead atoms. The zero-order valence-corrected chi connectivity index (χ0v) is 14.6. The lowest BCUT2D eigenvalue weighted by atomic mass is 9.59. The van der Waals surface area contributed by atoms with E-state index in [9.17, 15) is 5.11 Å². The van der Waals surface area contributed by atoms with Crippen LogP contribution in [0.4, 0.5) is 0 Å². The summed E-state index contributed by atoms with van der Waals surface area (Å²) in [7, 11) is 0. The molecule has 120 valence electrons. The fourth-order valence-electron chi connectivity index (χ4n) is 2.66. The van der Waals surface area contributed by atoms with Crippen LogP contribution in [0, 0.1) is 10.8 Å². The van der Waals surface area contributed by atoms with Crippen molar-refractivity contribution in [3.8, 4) is 0 Å². The monoisotopic (exact) mass is 300 g/mol. The van der Waals surface area contributed by atoms with Crippen LogP contribution in [0.3, 0.4) is 0 Å². The van der Waals surface area contributed by atoms with E-state index in [1.54, 1.807) is 36.4 Å². The number of hydrazone groups is 1. The molecule has 1 aliphatic heterocycles. The van der Waals surface area contributed by atoms with Crippen LogP contribution in [0.5, 0.6) is 0 Å². The maximum atomic E-state index is 9.98. The Balaban J connectivity index is 3.66. The van der Waals surface area contributed by atoms with Crippen molar-refractivity contribution in [3.63, 3.8) is 0 Å². The molecule has 0 atom stereocenters. The third-order valence-electron chi connectivity index (χ3n) is 4.87. The van der Waals surface area contributed by atoms with E-state index in [2.05, 4.69) is 52.0 Å². The molecular weight excluding hydrogens is 272 g/mol. The van der Waals surface area contributed by atoms with Crippen molar-refractivity contribution < 1.29 is 5.11 Å². The van der Waals surface area contributed by atoms with E-state index in [-0.39, 0.29) is 16.6 Å². The van der Waals surface area contributed by atoms with Gasteiger partial charge in [-0.3, -0.25) is 0 Å². The van der Waals surface area contributed by atoms with Crippen LogP contribution in [0.2, 0.25) is 0 Å². The van der Waals surface area contributed by atoms with E-state index in [0.29, 0.717) is 0 Å². The van der Waals surface area contributed by atoms with Crippen molar-refractivity contribution in [2.75, 3.05) is 0 Å². The number of aliphatic hydroxyl groups excluding tert-OH is 1. The molecule has 0 radical (unpaired) electrons. The first-order valence-corrected chi connectivity index (χ1v) is 7.53. The highest BCUT2D eigenvalue weighted by atomic mass is 16.3. The molecule has 1 saturated heterocycles. The summed E-state index contributed by atoms with van der Waals surface area (Å²) in [5.41, 5.74) is 2.52. The van der Waals surface area contributed by atoms with E-state index in [1.807, 2.05) is 6.92 Å². The lowest BCUT2D eigenvalue weighted by Gasteiger charge is -2.53. The first kappa shape index (κ1) is 18.0. The predicted molar refractivity (Wildman–Crippen MR) is 95.5 cm³/mol. The van der Waals surface area contributed by atoms with Gasteiger partial charge in [0.25, 0.3) is 0 Å². The van der Waals surface area contributed by atoms with Gasteiger partial charge >= 0.3 is 0 Å². The second-order valence-electron chi connectivity index (χ2n) is 6.45. The molecule has 1 N–H and O–H groups in total. The van der Waals surface area contributed by atoms with Crippen LogP contribution < -0.4 is 0 Å². The van der Waals surface area contributed by atoms with Gasteiger partial charge < -0.3 is 5.11 Å². The topological polar surface area (TPSA) is 35.8 Å². The molecule has 0 saturated carbocycles. The van der Waals surface area contributed by atoms with E-state index in [0.717, 1.165) is 17.0 Å². The average molecular weight is 300 g/mol. The first-order valence-electron chi connectivity index (χ1n) is 7.53. The summed E-state index contributed by atoms with van der Waals surface area (Å²) in [5.74, 6) is 0.205. The SMILES string of the molecule is C=C/C=N\N1C(=C)C(C)(C)C(C)(C)C(=C/C)/C1=C\C(O)=C/C. The Morgan fingerprint density at radius 1 is 1.18 bits per heavy atom. The van der Waals surface area contributed by atoms with Crippen LogP contribution in [-0.4, -0.2) is 16.3 Å². The number of hydrogen-bond donors (Lipinski definition) is 1. The number of aliphatic hydroxyl groups is 1. The molecular formula is C19H28N2O. The minimum Gasteiger partial charge on any atom is -0.508 e. The van der Waals surface area contributed by atoms with Gasteiger partial charge in [0.15, 0.2) is 0 Å². The summed E-state index contributed by atoms with van der Waals surface area (Å²) in [6.45, 7) is 20.5. The Hall–Kier alpha value is -2.03. The zero-order chi connectivity index (χ0) is 17.1. The lowest BCUT2D eigenvalue weighted by Crippen LogP contribution is -2.46. The number of rotatable bonds is 3. The van der Waals surface area contributed by atoms with E-state index in [1.165, 1.54) is 0 Å². The second-order valence-corrected chi connectivity index (χ2v) is 6.45. The Morgan fingerprint density at radius 2 is 1.77 bits per heavy atom. The van der Waals surface area contributed by atoms with E-state index in [4.69, 9.17) is 0 Å². The second kappa shape index (κ2) is 6.39. The highest BCUT2D eigenvalue weighted by molar-refractivity contribution is 5.70. The molecule has 0 amide bonds. The highest BCUT2D eigenvalue weighted by Gasteiger charge is 2.49. The van der Waals surface area contributed by atoms with Crippen LogP contribution in [0.25, 0.3) is 0 Å². The molecule has 0 spiro atoms. The van der Waals surface area contributed by atoms with Gasteiger partial charge in [-0.25, -0.2) is 5.01 Å². The van der Waals surface area contributed by atoms with E-state index < -0.39 is 0 Å². The summed E-state index contributed by atoms with van der Waals surface area (Å²) in [6, 6.07) is 0. The van der Waals surface area contributed by atoms with Crippen LogP contribution >= 0.6 is 0 Å². The van der Waals surface area contributed by atoms with Crippen molar-refractivity contribution in [2.24, 2.45) is 15.9 Å². The number of nitrogens with zero attached hydrogens (tertiary/aromatic N) is 2. The third-order valence-corrected chi connectivity index (χ3v) is 4.87. The number of allylic oxidation sites excluding steroid dienone is 6. The Kier molecular flexibility index (Phi) is 5.23. The van der Waals surface area contributed by atoms with Gasteiger partial charge in [0.05, 0.1) is 5.70 Å². The predicted octanol–water partition coefficient (Wildman–Crippen LogP) is 5.33. The Morgan fingerprint density at radius 3 is 2.23 bits per heavy atom. The average Bonchev–Trinajstić information content (AvgIpc) is 2.45. The number of piperidine rings is 1. The van der Waals surface area contributed by atoms with Crippen molar-refractivity contribution in [2.45, 2.75) is 41.5 Å². The molecule has 3 heteroatoms. The standard InChI is InChI=1S/C19H28N2O/c1-9-12-20-21-14(4)18(5,6)19(7,8)16(11-3)17(21)13-15(22)10-2/h9-13,22H,1,4H2,2-3,5-8H3/b15-10+,16-11+,17-13+,20-12-. The molecule has 0 aromatic carbocycles. The fraction of sp³-hybridized carbons (Fsp3) is 0.421. The van der Waals surface area contributed by atoms with Gasteiger partial charge in [0.2, 0.25) is 0 Å². The molecule has 0 aliphatic carbocycles. The summed E-state index contributed by atoms with van der Waals surface area (Å²) in [4.78, 5) is 0. The van der Waals surface area contributed by atoms with Gasteiger partial charge in [-0.15, -0.1) is 0 Å². The van der Waals surface area contributed by atoms with Gasteiger partial charge in [-0.1, -0.05) is 46.9 Å². The van der Waals surface area contributed by atoms with Gasteiger partial charge in [-0.2, -0.15) is 5.10 Å². The molecule has 1 aliphatic rings. The maximum absolute atomic E-state index is 9.98. The van der Waals surface area contributed by atoms with Gasteiger partial charge in [0.1, 0.15) is 5.76 Å². The zero-order valence-electron chi connectivity index (χ0n) is 14.6. The highest BCUT2D eigenvalue weighted by Crippen LogP contribution is 2.56. The minimum absolute atomic E-state index is 0.140. The minimum atomic E-state index is -0.184. The van der Waals surface area contributed by atoms with Gasteiger partial charge in [-0.05, 0) is 31.6 Å². The fourth-order valence-corrected chi connectivity index (χ4v) is 2.66. The van der Waals surface area contributed by atoms with E-state index >= 15 is 0 Å². The first-order chi connectivity index (χ1) is 10.1. The molecule has 0 aromatic rings. The molecule has 1 heterocycles. The third kappa shape index (κ3) is 2.80. The van der Waals surface area contributed by atoms with Crippen LogP contribution in [0.1, 0.15) is 41.5 Å². The normalized spacial score (nSPS) is 25.3. The summed E-state index contributed by atoms with van der Waals surface area (Å²) >= 11 is 0. The van der Waals surface area contributed by atoms with Crippen molar-refractivity contribution in [1.82, 2.24) is 5.01 Å². The Labute approximate surface area is 134 Å². The van der Waals surface area contributed by atoms with Crippen molar-refractivity contribution in [3.05, 3.63) is 60.2 Å².